The van der Waals surface area contributed by atoms with Gasteiger partial charge in [0.15, 0.2) is 0 Å². The number of fused-ring (bicyclic) bond motifs is 1. The quantitative estimate of drug-likeness (QED) is 0.742. The third-order valence-corrected chi connectivity index (χ3v) is 5.30. The highest BCUT2D eigenvalue weighted by atomic mass is 79.9. The fraction of sp³-hybridized carbons (Fsp3) is 0.438. The number of nitrogens with zero attached hydrogens (tertiary/aromatic N) is 1. The molecule has 1 aromatic rings. The van der Waals surface area contributed by atoms with Gasteiger partial charge in [0, 0.05) is 27.0 Å². The van der Waals surface area contributed by atoms with E-state index in [0.717, 1.165) is 24.8 Å². The minimum absolute atomic E-state index is 0.00669. The maximum Gasteiger partial charge on any atom is 0.228 e. The van der Waals surface area contributed by atoms with E-state index in [1.807, 2.05) is 29.2 Å². The van der Waals surface area contributed by atoms with Gasteiger partial charge < -0.3 is 4.90 Å². The van der Waals surface area contributed by atoms with Gasteiger partial charge in [0.25, 0.3) is 0 Å². The first-order valence-electron chi connectivity index (χ1n) is 6.93. The van der Waals surface area contributed by atoms with Crippen molar-refractivity contribution in [1.82, 2.24) is 4.90 Å². The summed E-state index contributed by atoms with van der Waals surface area (Å²) in [5.41, 5.74) is 2.27. The Bertz CT molecular complexity index is 598. The lowest BCUT2D eigenvalue weighted by atomic mass is 9.77. The van der Waals surface area contributed by atoms with Gasteiger partial charge in [0.05, 0.1) is 6.54 Å². The third-order valence-electron chi connectivity index (χ3n) is 4.30. The number of carbonyl (C=O) groups excluding carboxylic acids is 1. The fourth-order valence-electron chi connectivity index (χ4n) is 3.38. The molecule has 0 spiro atoms. The molecule has 20 heavy (non-hydrogen) atoms. The van der Waals surface area contributed by atoms with Crippen LogP contribution in [0.15, 0.2) is 34.4 Å². The summed E-state index contributed by atoms with van der Waals surface area (Å²) >= 11 is 9.72. The van der Waals surface area contributed by atoms with Gasteiger partial charge in [-0.2, -0.15) is 0 Å². The van der Waals surface area contributed by atoms with Crippen molar-refractivity contribution < 1.29 is 4.79 Å². The summed E-state index contributed by atoms with van der Waals surface area (Å²) in [6.45, 7) is 2.82. The molecule has 1 unspecified atom stereocenters. The van der Waals surface area contributed by atoms with E-state index in [4.69, 9.17) is 11.6 Å². The summed E-state index contributed by atoms with van der Waals surface area (Å²) in [7, 11) is 0. The van der Waals surface area contributed by atoms with E-state index in [1.54, 1.807) is 0 Å². The summed E-state index contributed by atoms with van der Waals surface area (Å²) in [6.07, 6.45) is 3.90. The second kappa shape index (κ2) is 5.19. The molecule has 1 aliphatic carbocycles. The second-order valence-electron chi connectivity index (χ2n) is 5.95. The van der Waals surface area contributed by atoms with E-state index in [1.165, 1.54) is 10.2 Å². The van der Waals surface area contributed by atoms with E-state index in [0.29, 0.717) is 18.0 Å². The number of likely N-dealkylation sites (tertiary alicyclic amines) is 1. The van der Waals surface area contributed by atoms with Crippen molar-refractivity contribution in [3.8, 4) is 0 Å². The Morgan fingerprint density at radius 1 is 1.45 bits per heavy atom. The van der Waals surface area contributed by atoms with Gasteiger partial charge in [0.1, 0.15) is 0 Å². The Morgan fingerprint density at radius 3 is 3.00 bits per heavy atom. The van der Waals surface area contributed by atoms with E-state index >= 15 is 0 Å². The van der Waals surface area contributed by atoms with Crippen LogP contribution in [0.3, 0.4) is 0 Å². The van der Waals surface area contributed by atoms with E-state index in [9.17, 15) is 4.79 Å². The van der Waals surface area contributed by atoms with Crippen LogP contribution < -0.4 is 0 Å². The smallest absolute Gasteiger partial charge is 0.228 e. The molecule has 4 heteroatoms. The molecule has 1 aromatic carbocycles. The maximum atomic E-state index is 12.4. The van der Waals surface area contributed by atoms with Crippen molar-refractivity contribution in [1.29, 1.82) is 0 Å². The number of allylic oxidation sites excluding steroid dienone is 2. The van der Waals surface area contributed by atoms with Crippen molar-refractivity contribution in [2.75, 3.05) is 0 Å². The lowest BCUT2D eigenvalue weighted by Crippen LogP contribution is -2.27. The van der Waals surface area contributed by atoms with Gasteiger partial charge in [0.2, 0.25) is 5.91 Å². The summed E-state index contributed by atoms with van der Waals surface area (Å²) in [5.74, 6) is 0.223. The van der Waals surface area contributed by atoms with Crippen molar-refractivity contribution in [2.45, 2.75) is 39.2 Å². The van der Waals surface area contributed by atoms with Crippen LogP contribution in [0.2, 0.25) is 5.02 Å². The zero-order valence-corrected chi connectivity index (χ0v) is 13.8. The van der Waals surface area contributed by atoms with Crippen LogP contribution in [0.4, 0.5) is 0 Å². The number of hydrogen-bond acceptors (Lipinski definition) is 1. The van der Waals surface area contributed by atoms with Gasteiger partial charge in [-0.15, -0.1) is 0 Å². The first-order valence-corrected chi connectivity index (χ1v) is 8.11. The van der Waals surface area contributed by atoms with Crippen molar-refractivity contribution in [2.24, 2.45) is 5.41 Å². The molecule has 3 rings (SSSR count). The molecule has 2 nitrogen and oxygen atoms in total. The minimum atomic E-state index is 0.00669. The molecule has 0 saturated carbocycles. The molecular formula is C16H17BrClNO. The Morgan fingerprint density at radius 2 is 2.25 bits per heavy atom. The molecule has 0 radical (unpaired) electrons. The second-order valence-corrected chi connectivity index (χ2v) is 7.35. The number of benzene rings is 1. The number of rotatable bonds is 2. The van der Waals surface area contributed by atoms with Crippen LogP contribution in [0.5, 0.6) is 0 Å². The van der Waals surface area contributed by atoms with Crippen LogP contribution in [-0.2, 0) is 11.3 Å². The van der Waals surface area contributed by atoms with Gasteiger partial charge in [-0.25, -0.2) is 0 Å². The van der Waals surface area contributed by atoms with Crippen LogP contribution in [-0.4, -0.2) is 10.8 Å². The normalized spacial score (nSPS) is 26.1. The molecule has 1 fully saturated rings. The average Bonchev–Trinajstić information content (AvgIpc) is 2.61. The Labute approximate surface area is 132 Å². The van der Waals surface area contributed by atoms with Gasteiger partial charge >= 0.3 is 0 Å². The summed E-state index contributed by atoms with van der Waals surface area (Å²) in [5, 5.41) is 0.716. The number of hydrogen-bond donors (Lipinski definition) is 0. The van der Waals surface area contributed by atoms with E-state index in [2.05, 4.69) is 22.9 Å². The van der Waals surface area contributed by atoms with Crippen LogP contribution >= 0.6 is 27.5 Å². The van der Waals surface area contributed by atoms with Crippen molar-refractivity contribution in [3.63, 3.8) is 0 Å². The van der Waals surface area contributed by atoms with Crippen LogP contribution in [0, 0.1) is 5.41 Å². The molecule has 1 saturated heterocycles. The van der Waals surface area contributed by atoms with Crippen molar-refractivity contribution in [3.05, 3.63) is 45.0 Å². The summed E-state index contributed by atoms with van der Waals surface area (Å²) in [4.78, 5) is 14.4. The third kappa shape index (κ3) is 2.42. The SMILES string of the molecule is CC12CCCC(Br)=C1N(Cc1cccc(Cl)c1)C(=O)C2. The van der Waals surface area contributed by atoms with Gasteiger partial charge in [-0.3, -0.25) is 4.79 Å². The lowest BCUT2D eigenvalue weighted by molar-refractivity contribution is -0.127. The largest absolute Gasteiger partial charge is 0.310 e. The summed E-state index contributed by atoms with van der Waals surface area (Å²) in [6, 6.07) is 7.74. The number of halogens is 2. The highest BCUT2D eigenvalue weighted by molar-refractivity contribution is 9.11. The Balaban J connectivity index is 1.95. The molecule has 1 atom stereocenters. The predicted molar refractivity (Wildman–Crippen MR) is 84.5 cm³/mol. The maximum absolute atomic E-state index is 12.4. The zero-order valence-electron chi connectivity index (χ0n) is 11.5. The molecule has 1 amide bonds. The monoisotopic (exact) mass is 353 g/mol. The molecule has 1 heterocycles. The molecule has 0 aromatic heterocycles. The fourth-order valence-corrected chi connectivity index (χ4v) is 4.57. The number of amides is 1. The van der Waals surface area contributed by atoms with Crippen LogP contribution in [0.25, 0.3) is 0 Å². The first kappa shape index (κ1) is 14.2. The first-order chi connectivity index (χ1) is 9.49. The molecule has 1 aliphatic heterocycles. The average molecular weight is 355 g/mol. The van der Waals surface area contributed by atoms with E-state index < -0.39 is 0 Å². The van der Waals surface area contributed by atoms with Crippen LogP contribution in [0.1, 0.15) is 38.2 Å². The Kier molecular flexibility index (Phi) is 3.67. The topological polar surface area (TPSA) is 20.3 Å². The van der Waals surface area contributed by atoms with E-state index in [-0.39, 0.29) is 11.3 Å². The van der Waals surface area contributed by atoms with Gasteiger partial charge in [-0.05, 0) is 37.0 Å². The Hall–Kier alpha value is -0.800. The highest BCUT2D eigenvalue weighted by Gasteiger charge is 2.46. The lowest BCUT2D eigenvalue weighted by Gasteiger charge is -2.33. The standard InChI is InChI=1S/C16H17BrClNO/c1-16-7-3-6-13(17)15(16)19(14(20)9-16)10-11-4-2-5-12(18)8-11/h2,4-5,8H,3,6-7,9-10H2,1H3. The van der Waals surface area contributed by atoms with Gasteiger partial charge in [-0.1, -0.05) is 46.6 Å². The molecular weight excluding hydrogens is 338 g/mol. The molecule has 106 valence electrons. The predicted octanol–water partition coefficient (Wildman–Crippen LogP) is 4.87. The highest BCUT2D eigenvalue weighted by Crippen LogP contribution is 2.51. The molecule has 0 N–H and O–H groups in total. The summed E-state index contributed by atoms with van der Waals surface area (Å²) < 4.78 is 1.19. The minimum Gasteiger partial charge on any atom is -0.310 e. The zero-order chi connectivity index (χ0) is 14.3. The molecule has 2 aliphatic rings. The number of carbonyl (C=O) groups is 1. The van der Waals surface area contributed by atoms with Crippen molar-refractivity contribution >= 4 is 33.4 Å². The molecule has 0 bridgehead atoms.